The highest BCUT2D eigenvalue weighted by Gasteiger charge is 2.36. The summed E-state index contributed by atoms with van der Waals surface area (Å²) in [6, 6.07) is 49.3. The first kappa shape index (κ1) is 34.8. The monoisotopic (exact) mass is 726 g/mol. The summed E-state index contributed by atoms with van der Waals surface area (Å²) in [5.41, 5.74) is 3.87. The summed E-state index contributed by atoms with van der Waals surface area (Å²) in [5.74, 6) is -1.56. The summed E-state index contributed by atoms with van der Waals surface area (Å²) in [4.78, 5) is 53.7. The molecule has 1 N–H and O–H groups in total. The topological polar surface area (TPSA) is 113 Å². The second-order valence-corrected chi connectivity index (χ2v) is 13.1. The Labute approximate surface area is 316 Å². The molecule has 0 saturated carbocycles. The molecule has 0 saturated heterocycles. The van der Waals surface area contributed by atoms with E-state index in [4.69, 9.17) is 14.2 Å². The van der Waals surface area contributed by atoms with E-state index in [1.54, 1.807) is 31.3 Å². The van der Waals surface area contributed by atoms with Crippen LogP contribution in [-0.2, 0) is 16.6 Å². The number of nitrogens with one attached hydrogen (secondary N) is 1. The number of pyridine rings is 1. The van der Waals surface area contributed by atoms with Crippen molar-refractivity contribution < 1.29 is 28.6 Å². The third-order valence-corrected chi connectivity index (χ3v) is 9.63. The Balaban J connectivity index is 1.28. The average Bonchev–Trinajstić information content (AvgIpc) is 3.53. The van der Waals surface area contributed by atoms with Crippen LogP contribution < -0.4 is 20.3 Å². The number of aryl methyl sites for hydroxylation is 1. The molecule has 0 spiro atoms. The predicted octanol–water partition coefficient (Wildman–Crippen LogP) is 8.04. The molecule has 2 heterocycles. The molecule has 1 aromatic heterocycles. The van der Waals surface area contributed by atoms with Gasteiger partial charge in [-0.1, -0.05) is 133 Å². The molecule has 1 aliphatic heterocycles. The van der Waals surface area contributed by atoms with Crippen molar-refractivity contribution >= 4 is 28.7 Å². The Morgan fingerprint density at radius 1 is 0.545 bits per heavy atom. The lowest BCUT2D eigenvalue weighted by molar-refractivity contribution is -0.156. The zero-order chi connectivity index (χ0) is 37.9. The molecule has 9 nitrogen and oxygen atoms in total. The number of esters is 1. The number of carbonyl (C=O) groups is 3. The Morgan fingerprint density at radius 3 is 1.65 bits per heavy atom. The van der Waals surface area contributed by atoms with Crippen molar-refractivity contribution in [3.63, 3.8) is 0 Å². The maximum absolute atomic E-state index is 14.8. The number of carbonyl (C=O) groups excluding carboxylic acids is 3. The van der Waals surface area contributed by atoms with Gasteiger partial charge in [-0.2, -0.15) is 0 Å². The number of imide groups is 1. The summed E-state index contributed by atoms with van der Waals surface area (Å²) >= 11 is 0. The smallest absolute Gasteiger partial charge is 0.353 e. The molecule has 9 heteroatoms. The Kier molecular flexibility index (Phi) is 9.49. The van der Waals surface area contributed by atoms with Crippen molar-refractivity contribution in [2.24, 2.45) is 7.05 Å². The molecule has 6 aromatic carbocycles. The van der Waals surface area contributed by atoms with E-state index in [0.717, 1.165) is 22.3 Å². The van der Waals surface area contributed by atoms with Crippen LogP contribution in [0.15, 0.2) is 169 Å². The van der Waals surface area contributed by atoms with Crippen LogP contribution in [-0.4, -0.2) is 22.4 Å². The van der Waals surface area contributed by atoms with Crippen LogP contribution >= 0.6 is 0 Å². The van der Waals surface area contributed by atoms with Crippen molar-refractivity contribution in [2.45, 2.75) is 18.3 Å². The molecule has 0 bridgehead atoms. The number of fused-ring (bicyclic) bond motifs is 2. The Hall–Kier alpha value is -7.26. The molecule has 8 rings (SSSR count). The normalized spacial score (nSPS) is 12.7. The molecular formula is C46H34N2O7. The molecule has 1 aliphatic rings. The highest BCUT2D eigenvalue weighted by atomic mass is 16.6. The van der Waals surface area contributed by atoms with Crippen molar-refractivity contribution in [3.8, 4) is 11.5 Å². The maximum Gasteiger partial charge on any atom is 0.353 e. The fraction of sp³-hybridized carbons (Fsp3) is 0.0870. The lowest BCUT2D eigenvalue weighted by atomic mass is 9.99. The van der Waals surface area contributed by atoms with E-state index in [9.17, 15) is 19.2 Å². The predicted molar refractivity (Wildman–Crippen MR) is 207 cm³/mol. The van der Waals surface area contributed by atoms with Gasteiger partial charge in [0, 0.05) is 24.1 Å². The molecule has 0 aliphatic carbocycles. The lowest BCUT2D eigenvalue weighted by Crippen LogP contribution is -2.26. The van der Waals surface area contributed by atoms with Crippen LogP contribution in [0, 0.1) is 0 Å². The summed E-state index contributed by atoms with van der Waals surface area (Å²) in [6.07, 6.45) is -2.83. The van der Waals surface area contributed by atoms with Gasteiger partial charge < -0.3 is 18.8 Å². The van der Waals surface area contributed by atoms with E-state index in [0.29, 0.717) is 22.2 Å². The Bertz CT molecular complexity index is 2510. The number of nitrogens with zero attached hydrogens (tertiary/aromatic N) is 1. The van der Waals surface area contributed by atoms with Crippen molar-refractivity contribution in [2.75, 3.05) is 0 Å². The van der Waals surface area contributed by atoms with Gasteiger partial charge in [-0.15, -0.1) is 0 Å². The zero-order valence-corrected chi connectivity index (χ0v) is 29.6. The van der Waals surface area contributed by atoms with Crippen LogP contribution in [0.5, 0.6) is 11.5 Å². The average molecular weight is 727 g/mol. The third kappa shape index (κ3) is 6.87. The first-order valence-corrected chi connectivity index (χ1v) is 17.7. The summed E-state index contributed by atoms with van der Waals surface area (Å²) < 4.78 is 21.2. The number of ether oxygens (including phenoxy) is 3. The van der Waals surface area contributed by atoms with E-state index in [2.05, 4.69) is 5.32 Å². The van der Waals surface area contributed by atoms with Crippen molar-refractivity contribution in [1.82, 2.24) is 9.88 Å². The van der Waals surface area contributed by atoms with Crippen LogP contribution in [0.25, 0.3) is 10.9 Å². The van der Waals surface area contributed by atoms with E-state index in [1.807, 2.05) is 121 Å². The van der Waals surface area contributed by atoms with E-state index in [1.165, 1.54) is 22.8 Å². The SMILES string of the molecule is Cn1c(=O)ccc2c(C(Oc3cccc4c3C(=O)NC4=O)C(=O)OC(c3ccccc3)c3ccccc3)ccc(OC(c3ccccc3)c3ccccc3)c21. The van der Waals surface area contributed by atoms with Gasteiger partial charge in [0.05, 0.1) is 16.6 Å². The number of hydrogen-bond acceptors (Lipinski definition) is 7. The number of rotatable bonds is 11. The molecule has 1 atom stereocenters. The fourth-order valence-electron chi connectivity index (χ4n) is 6.95. The van der Waals surface area contributed by atoms with E-state index in [-0.39, 0.29) is 22.4 Å². The van der Waals surface area contributed by atoms with Crippen molar-refractivity contribution in [3.05, 3.63) is 213 Å². The largest absolute Gasteiger partial charge is 0.479 e. The molecule has 270 valence electrons. The molecular weight excluding hydrogens is 693 g/mol. The van der Waals surface area contributed by atoms with Gasteiger partial charge in [-0.3, -0.25) is 19.7 Å². The van der Waals surface area contributed by atoms with Gasteiger partial charge in [0.2, 0.25) is 6.10 Å². The van der Waals surface area contributed by atoms with Crippen LogP contribution in [0.4, 0.5) is 0 Å². The molecule has 1 unspecified atom stereocenters. The number of benzene rings is 6. The van der Waals surface area contributed by atoms with Crippen LogP contribution in [0.3, 0.4) is 0 Å². The first-order chi connectivity index (χ1) is 26.9. The van der Waals surface area contributed by atoms with Gasteiger partial charge in [0.15, 0.2) is 6.10 Å². The molecule has 7 aromatic rings. The quantitative estimate of drug-likeness (QED) is 0.106. The molecule has 0 radical (unpaired) electrons. The number of amides is 2. The van der Waals surface area contributed by atoms with Gasteiger partial charge >= 0.3 is 5.97 Å². The van der Waals surface area contributed by atoms with Crippen molar-refractivity contribution in [1.29, 1.82) is 0 Å². The van der Waals surface area contributed by atoms with Gasteiger partial charge in [-0.05, 0) is 46.5 Å². The minimum Gasteiger partial charge on any atom is -0.479 e. The minimum absolute atomic E-state index is 0.0122. The number of aromatic nitrogens is 1. The Morgan fingerprint density at radius 2 is 1.09 bits per heavy atom. The molecule has 55 heavy (non-hydrogen) atoms. The second-order valence-electron chi connectivity index (χ2n) is 13.1. The van der Waals surface area contributed by atoms with E-state index >= 15 is 0 Å². The number of hydrogen-bond donors (Lipinski definition) is 1. The first-order valence-electron chi connectivity index (χ1n) is 17.7. The fourth-order valence-corrected chi connectivity index (χ4v) is 6.95. The molecule has 0 fully saturated rings. The van der Waals surface area contributed by atoms with Gasteiger partial charge in [-0.25, -0.2) is 4.79 Å². The standard InChI is InChI=1S/C46H34N2O7/c1-48-38(49)28-26-33-34(25-27-37(40(33)48)54-41(29-15-6-2-7-16-29)30-17-8-3-9-18-30)43(53-36-24-14-23-35-39(36)45(51)47-44(35)50)46(52)55-42(31-19-10-4-11-20-31)32-21-12-5-13-22-32/h2-28,41-43H,1H3,(H,47,50,51). The highest BCUT2D eigenvalue weighted by molar-refractivity contribution is 6.22. The zero-order valence-electron chi connectivity index (χ0n) is 29.6. The highest BCUT2D eigenvalue weighted by Crippen LogP contribution is 2.39. The molecule has 2 amide bonds. The van der Waals surface area contributed by atoms with Gasteiger partial charge in [0.1, 0.15) is 17.6 Å². The third-order valence-electron chi connectivity index (χ3n) is 9.63. The van der Waals surface area contributed by atoms with Crippen LogP contribution in [0.1, 0.15) is 66.8 Å². The second kappa shape index (κ2) is 15.0. The summed E-state index contributed by atoms with van der Waals surface area (Å²) in [6.45, 7) is 0. The maximum atomic E-state index is 14.8. The summed E-state index contributed by atoms with van der Waals surface area (Å²) in [7, 11) is 1.64. The summed E-state index contributed by atoms with van der Waals surface area (Å²) in [5, 5.41) is 2.78. The van der Waals surface area contributed by atoms with E-state index < -0.39 is 36.1 Å². The van der Waals surface area contributed by atoms with Gasteiger partial charge in [0.25, 0.3) is 17.4 Å². The van der Waals surface area contributed by atoms with Crippen LogP contribution in [0.2, 0.25) is 0 Å². The lowest BCUT2D eigenvalue weighted by Gasteiger charge is -2.26. The minimum atomic E-state index is -1.47.